The molecule has 0 saturated heterocycles. The molecule has 0 aliphatic carbocycles. The van der Waals surface area contributed by atoms with E-state index in [1.165, 1.54) is 12.1 Å². The fourth-order valence-electron chi connectivity index (χ4n) is 1.07. The average Bonchev–Trinajstić information content (AvgIpc) is 2.09. The van der Waals surface area contributed by atoms with Crippen LogP contribution in [-0.2, 0) is 6.42 Å². The molecule has 13 heavy (non-hydrogen) atoms. The Morgan fingerprint density at radius 3 is 2.62 bits per heavy atom. The van der Waals surface area contributed by atoms with Crippen molar-refractivity contribution in [3.8, 4) is 0 Å². The lowest BCUT2D eigenvalue weighted by Crippen LogP contribution is -1.92. The summed E-state index contributed by atoms with van der Waals surface area (Å²) in [7, 11) is 0. The van der Waals surface area contributed by atoms with E-state index in [0.717, 1.165) is 11.6 Å². The van der Waals surface area contributed by atoms with Gasteiger partial charge in [-0.25, -0.2) is 8.78 Å². The molecule has 0 aliphatic heterocycles. The van der Waals surface area contributed by atoms with E-state index in [0.29, 0.717) is 12.0 Å². The number of hydrogen-bond acceptors (Lipinski definition) is 0. The number of hydrogen-bond donors (Lipinski definition) is 0. The van der Waals surface area contributed by atoms with Gasteiger partial charge >= 0.3 is 0 Å². The molecule has 0 radical (unpaired) electrons. The van der Waals surface area contributed by atoms with E-state index in [1.54, 1.807) is 0 Å². The second kappa shape index (κ2) is 4.17. The minimum Gasteiger partial charge on any atom is -0.207 e. The highest BCUT2D eigenvalue weighted by molar-refractivity contribution is 5.23. The number of halogens is 2. The predicted octanol–water partition coefficient (Wildman–Crippen LogP) is 3.47. The van der Waals surface area contributed by atoms with E-state index in [9.17, 15) is 8.78 Å². The van der Waals surface area contributed by atoms with Gasteiger partial charge in [0, 0.05) is 6.07 Å². The third kappa shape index (κ3) is 2.65. The first-order chi connectivity index (χ1) is 6.13. The molecule has 2 heteroatoms. The lowest BCUT2D eigenvalue weighted by molar-refractivity contribution is 0.574. The van der Waals surface area contributed by atoms with Gasteiger partial charge in [0.25, 0.3) is 0 Å². The number of benzene rings is 1. The predicted molar refractivity (Wildman–Crippen MR) is 49.5 cm³/mol. The molecule has 0 atom stereocenters. The second-order valence-electron chi connectivity index (χ2n) is 3.05. The van der Waals surface area contributed by atoms with Crippen LogP contribution in [0.1, 0.15) is 19.4 Å². The molecule has 1 rings (SSSR count). The van der Waals surface area contributed by atoms with Crippen LogP contribution in [-0.4, -0.2) is 0 Å². The van der Waals surface area contributed by atoms with Crippen molar-refractivity contribution >= 4 is 0 Å². The van der Waals surface area contributed by atoms with Gasteiger partial charge in [-0.05, 0) is 31.9 Å². The molecule has 0 aliphatic rings. The molecule has 70 valence electrons. The van der Waals surface area contributed by atoms with Gasteiger partial charge in [0.2, 0.25) is 0 Å². The Hall–Kier alpha value is -1.18. The van der Waals surface area contributed by atoms with Crippen LogP contribution in [0.25, 0.3) is 0 Å². The van der Waals surface area contributed by atoms with Crippen molar-refractivity contribution in [1.82, 2.24) is 0 Å². The van der Waals surface area contributed by atoms with Crippen molar-refractivity contribution in [1.29, 1.82) is 0 Å². The lowest BCUT2D eigenvalue weighted by Gasteiger charge is -2.02. The topological polar surface area (TPSA) is 0 Å². The molecule has 0 spiro atoms. The number of rotatable bonds is 2. The van der Waals surface area contributed by atoms with Crippen LogP contribution in [0.15, 0.2) is 29.8 Å². The summed E-state index contributed by atoms with van der Waals surface area (Å²) in [6, 6.07) is 3.68. The fourth-order valence-corrected chi connectivity index (χ4v) is 1.07. The van der Waals surface area contributed by atoms with Gasteiger partial charge in [0.15, 0.2) is 0 Å². The van der Waals surface area contributed by atoms with E-state index in [-0.39, 0.29) is 0 Å². The van der Waals surface area contributed by atoms with Crippen LogP contribution in [0.3, 0.4) is 0 Å². The van der Waals surface area contributed by atoms with Gasteiger partial charge in [0.1, 0.15) is 11.6 Å². The van der Waals surface area contributed by atoms with E-state index in [1.807, 2.05) is 19.9 Å². The maximum Gasteiger partial charge on any atom is 0.129 e. The maximum absolute atomic E-state index is 13.1. The fraction of sp³-hybridized carbons (Fsp3) is 0.273. The number of allylic oxidation sites excluding steroid dienone is 2. The van der Waals surface area contributed by atoms with Gasteiger partial charge in [0.05, 0.1) is 0 Å². The molecular weight excluding hydrogens is 170 g/mol. The first kappa shape index (κ1) is 9.90. The smallest absolute Gasteiger partial charge is 0.129 e. The van der Waals surface area contributed by atoms with Gasteiger partial charge < -0.3 is 0 Å². The van der Waals surface area contributed by atoms with Crippen molar-refractivity contribution in [3.05, 3.63) is 47.0 Å². The minimum atomic E-state index is -0.528. The molecule has 0 bridgehead atoms. The zero-order valence-corrected chi connectivity index (χ0v) is 7.77. The van der Waals surface area contributed by atoms with Gasteiger partial charge in [-0.2, -0.15) is 0 Å². The molecule has 0 N–H and O–H groups in total. The molecule has 0 aromatic heterocycles. The molecule has 0 amide bonds. The summed E-state index contributed by atoms with van der Waals surface area (Å²) < 4.78 is 25.6. The maximum atomic E-state index is 13.1. The van der Waals surface area contributed by atoms with Gasteiger partial charge in [-0.3, -0.25) is 0 Å². The van der Waals surface area contributed by atoms with Crippen molar-refractivity contribution in [2.24, 2.45) is 0 Å². The molecule has 1 aromatic rings. The summed E-state index contributed by atoms with van der Waals surface area (Å²) in [6.07, 6.45) is 2.46. The third-order valence-electron chi connectivity index (χ3n) is 1.98. The Kier molecular flexibility index (Phi) is 3.18. The van der Waals surface area contributed by atoms with Crippen LogP contribution in [0.5, 0.6) is 0 Å². The Morgan fingerprint density at radius 1 is 1.38 bits per heavy atom. The first-order valence-electron chi connectivity index (χ1n) is 4.19. The average molecular weight is 182 g/mol. The third-order valence-corrected chi connectivity index (χ3v) is 1.98. The quantitative estimate of drug-likeness (QED) is 0.614. The molecule has 0 heterocycles. The van der Waals surface area contributed by atoms with E-state index in [2.05, 4.69) is 0 Å². The normalized spacial score (nSPS) is 11.8. The Bertz CT molecular complexity index is 327. The molecule has 1 aromatic carbocycles. The highest BCUT2D eigenvalue weighted by atomic mass is 19.1. The summed E-state index contributed by atoms with van der Waals surface area (Å²) >= 11 is 0. The zero-order valence-electron chi connectivity index (χ0n) is 7.77. The minimum absolute atomic E-state index is 0.471. The monoisotopic (exact) mass is 182 g/mol. The van der Waals surface area contributed by atoms with Gasteiger partial charge in [-0.1, -0.05) is 17.7 Å². The van der Waals surface area contributed by atoms with Crippen LogP contribution >= 0.6 is 0 Å². The summed E-state index contributed by atoms with van der Waals surface area (Å²) in [4.78, 5) is 0. The molecule has 0 saturated carbocycles. The molecule has 0 unspecified atom stereocenters. The first-order valence-corrected chi connectivity index (χ1v) is 4.19. The van der Waals surface area contributed by atoms with Crippen molar-refractivity contribution < 1.29 is 8.78 Å². The van der Waals surface area contributed by atoms with Crippen LogP contribution in [0.4, 0.5) is 8.78 Å². The Morgan fingerprint density at radius 2 is 2.08 bits per heavy atom. The van der Waals surface area contributed by atoms with Crippen LogP contribution < -0.4 is 0 Å². The van der Waals surface area contributed by atoms with E-state index >= 15 is 0 Å². The van der Waals surface area contributed by atoms with Crippen molar-refractivity contribution in [3.63, 3.8) is 0 Å². The highest BCUT2D eigenvalue weighted by Crippen LogP contribution is 2.13. The Balaban J connectivity index is 2.90. The van der Waals surface area contributed by atoms with Crippen LogP contribution in [0.2, 0.25) is 0 Å². The summed E-state index contributed by atoms with van der Waals surface area (Å²) in [5, 5.41) is 0. The van der Waals surface area contributed by atoms with Crippen molar-refractivity contribution in [2.75, 3.05) is 0 Å². The summed E-state index contributed by atoms with van der Waals surface area (Å²) in [6.45, 7) is 3.82. The van der Waals surface area contributed by atoms with Crippen molar-refractivity contribution in [2.45, 2.75) is 20.3 Å². The van der Waals surface area contributed by atoms with E-state index in [4.69, 9.17) is 0 Å². The van der Waals surface area contributed by atoms with E-state index < -0.39 is 11.6 Å². The molecular formula is C11H12F2. The SMILES string of the molecule is CC=C(C)Cc1ccc(F)cc1F. The zero-order chi connectivity index (χ0) is 9.84. The largest absolute Gasteiger partial charge is 0.207 e. The lowest BCUT2D eigenvalue weighted by atomic mass is 10.1. The standard InChI is InChI=1S/C11H12F2/c1-3-8(2)6-9-4-5-10(12)7-11(9)13/h3-5,7H,6H2,1-2H3. The van der Waals surface area contributed by atoms with Crippen LogP contribution in [0, 0.1) is 11.6 Å². The van der Waals surface area contributed by atoms with Gasteiger partial charge in [-0.15, -0.1) is 0 Å². The summed E-state index contributed by atoms with van der Waals surface area (Å²) in [5.41, 5.74) is 1.61. The molecule has 0 fully saturated rings. The highest BCUT2D eigenvalue weighted by Gasteiger charge is 2.03. The summed E-state index contributed by atoms with van der Waals surface area (Å²) in [5.74, 6) is -0.999. The Labute approximate surface area is 76.9 Å². The second-order valence-corrected chi connectivity index (χ2v) is 3.05. The molecule has 0 nitrogen and oxygen atoms in total.